The molecule has 0 aliphatic carbocycles. The fraction of sp³-hybridized carbons (Fsp3) is 0.217. The summed E-state index contributed by atoms with van der Waals surface area (Å²) in [6.07, 6.45) is 9.37. The Bertz CT molecular complexity index is 1430. The van der Waals surface area contributed by atoms with Crippen molar-refractivity contribution in [2.24, 2.45) is 0 Å². The largest absolute Gasteiger partial charge is 0.480 e. The number of nitrogens with zero attached hydrogens (tertiary/aromatic N) is 2. The standard InChI is InChI=1S/C23H25N3O6S/c1-16(14-20-17(2)24-26(23(20)29)15-22(27)28)8-10-19-11-9-18-6-3-4-7-21(18)25(19)12-5-13-33(30,31)32/h3-4,6-11,14,24H,2,5,12-13,15H2,1H3,(H,27,28)(H,30,31,32). The molecule has 0 bridgehead atoms. The van der Waals surface area contributed by atoms with Gasteiger partial charge in [0.2, 0.25) is 0 Å². The first kappa shape index (κ1) is 24.0. The lowest BCUT2D eigenvalue weighted by molar-refractivity contribution is -0.137. The second kappa shape index (κ2) is 9.88. The number of benzene rings is 1. The molecule has 0 atom stereocenters. The van der Waals surface area contributed by atoms with E-state index in [2.05, 4.69) is 11.7 Å². The predicted octanol–water partition coefficient (Wildman–Crippen LogP) is 1.09. The number of nitrogens with one attached hydrogen (secondary N) is 1. The number of hydrogen-bond acceptors (Lipinski definition) is 5. The van der Waals surface area contributed by atoms with Crippen molar-refractivity contribution in [3.8, 4) is 0 Å². The van der Waals surface area contributed by atoms with Crippen LogP contribution in [0, 0.1) is 0 Å². The number of fused-ring (bicyclic) bond motifs is 1. The summed E-state index contributed by atoms with van der Waals surface area (Å²) in [6, 6.07) is 7.70. The Hall–Kier alpha value is -3.63. The van der Waals surface area contributed by atoms with Crippen LogP contribution in [-0.2, 0) is 21.5 Å². The van der Waals surface area contributed by atoms with Gasteiger partial charge in [0, 0.05) is 17.9 Å². The molecular formula is C23H25N3O6S. The van der Waals surface area contributed by atoms with Gasteiger partial charge >= 0.3 is 5.97 Å². The molecule has 9 nitrogen and oxygen atoms in total. The van der Waals surface area contributed by atoms with Crippen molar-refractivity contribution in [1.29, 1.82) is 0 Å². The molecule has 0 unspecified atom stereocenters. The van der Waals surface area contributed by atoms with Crippen molar-refractivity contribution in [2.75, 3.05) is 17.2 Å². The first-order chi connectivity index (χ1) is 15.5. The van der Waals surface area contributed by atoms with Crippen LogP contribution in [0.15, 0.2) is 58.6 Å². The SMILES string of the molecule is C=c1[nH]n(CC(=O)O)c(=O)c1=CC(C)=CC=C1C=Cc2ccccc2N1CCCS(=O)(=O)O. The summed E-state index contributed by atoms with van der Waals surface area (Å²) in [5.74, 6) is -1.48. The van der Waals surface area contributed by atoms with Gasteiger partial charge in [0.1, 0.15) is 6.54 Å². The monoisotopic (exact) mass is 471 g/mol. The molecule has 3 rings (SSSR count). The van der Waals surface area contributed by atoms with E-state index in [0.29, 0.717) is 11.9 Å². The maximum Gasteiger partial charge on any atom is 0.325 e. The van der Waals surface area contributed by atoms with Gasteiger partial charge in [-0.05, 0) is 43.2 Å². The van der Waals surface area contributed by atoms with E-state index in [1.54, 1.807) is 19.1 Å². The van der Waals surface area contributed by atoms with E-state index in [9.17, 15) is 18.0 Å². The van der Waals surface area contributed by atoms with E-state index >= 15 is 0 Å². The molecule has 1 aromatic carbocycles. The number of rotatable bonds is 8. The normalized spacial score (nSPS) is 15.8. The molecule has 0 radical (unpaired) electrons. The molecule has 3 N–H and O–H groups in total. The van der Waals surface area contributed by atoms with Crippen LogP contribution in [0.4, 0.5) is 5.69 Å². The van der Waals surface area contributed by atoms with Crippen LogP contribution in [0.25, 0.3) is 18.7 Å². The molecule has 174 valence electrons. The van der Waals surface area contributed by atoms with Crippen LogP contribution in [0.5, 0.6) is 0 Å². The Morgan fingerprint density at radius 3 is 2.67 bits per heavy atom. The average molecular weight is 472 g/mol. The highest BCUT2D eigenvalue weighted by Gasteiger charge is 2.17. The summed E-state index contributed by atoms with van der Waals surface area (Å²) in [6.45, 7) is 5.47. The number of hydrogen-bond donors (Lipinski definition) is 3. The minimum absolute atomic E-state index is 0.241. The number of anilines is 1. The summed E-state index contributed by atoms with van der Waals surface area (Å²) < 4.78 is 32.3. The molecule has 0 fully saturated rings. The highest BCUT2D eigenvalue weighted by molar-refractivity contribution is 7.85. The smallest absolute Gasteiger partial charge is 0.325 e. The Balaban J connectivity index is 1.93. The van der Waals surface area contributed by atoms with Gasteiger partial charge in [-0.25, -0.2) is 4.68 Å². The fourth-order valence-electron chi connectivity index (χ4n) is 3.52. The van der Waals surface area contributed by atoms with E-state index < -0.39 is 28.2 Å². The van der Waals surface area contributed by atoms with Crippen molar-refractivity contribution >= 4 is 40.5 Å². The van der Waals surface area contributed by atoms with E-state index in [1.165, 1.54) is 0 Å². The van der Waals surface area contributed by atoms with Crippen molar-refractivity contribution in [3.05, 3.63) is 80.2 Å². The number of H-pyrrole nitrogens is 1. The average Bonchev–Trinajstić information content (AvgIpc) is 2.98. The Morgan fingerprint density at radius 1 is 1.24 bits per heavy atom. The fourth-order valence-corrected chi connectivity index (χ4v) is 4.01. The molecule has 10 heteroatoms. The maximum absolute atomic E-state index is 12.4. The topological polar surface area (TPSA) is 133 Å². The quantitative estimate of drug-likeness (QED) is 0.491. The first-order valence-corrected chi connectivity index (χ1v) is 11.8. The molecule has 1 aromatic heterocycles. The molecule has 33 heavy (non-hydrogen) atoms. The molecule has 0 spiro atoms. The van der Waals surface area contributed by atoms with Gasteiger partial charge in [0.05, 0.1) is 16.3 Å². The van der Waals surface area contributed by atoms with E-state index in [1.807, 2.05) is 47.4 Å². The van der Waals surface area contributed by atoms with Gasteiger partial charge in [-0.3, -0.25) is 19.2 Å². The number of carboxylic acid groups (broad SMARTS) is 1. The van der Waals surface area contributed by atoms with Gasteiger partial charge < -0.3 is 10.0 Å². The van der Waals surface area contributed by atoms with Gasteiger partial charge in [-0.15, -0.1) is 0 Å². The molecule has 0 amide bonds. The van der Waals surface area contributed by atoms with Crippen LogP contribution in [-0.4, -0.2) is 46.1 Å². The zero-order valence-corrected chi connectivity index (χ0v) is 18.9. The summed E-state index contributed by atoms with van der Waals surface area (Å²) >= 11 is 0. The van der Waals surface area contributed by atoms with E-state index in [4.69, 9.17) is 9.66 Å². The number of para-hydroxylation sites is 1. The highest BCUT2D eigenvalue weighted by Crippen LogP contribution is 2.31. The molecule has 0 saturated carbocycles. The lowest BCUT2D eigenvalue weighted by Gasteiger charge is -2.30. The van der Waals surface area contributed by atoms with Crippen LogP contribution in [0.1, 0.15) is 18.9 Å². The highest BCUT2D eigenvalue weighted by atomic mass is 32.2. The molecular weight excluding hydrogens is 446 g/mol. The minimum atomic E-state index is -4.05. The van der Waals surface area contributed by atoms with E-state index in [-0.39, 0.29) is 17.4 Å². The van der Waals surface area contributed by atoms with Gasteiger partial charge in [-0.1, -0.05) is 42.5 Å². The van der Waals surface area contributed by atoms with Crippen molar-refractivity contribution in [1.82, 2.24) is 9.78 Å². The molecule has 1 aliphatic heterocycles. The zero-order valence-electron chi connectivity index (χ0n) is 18.1. The molecule has 1 aliphatic rings. The first-order valence-electron chi connectivity index (χ1n) is 10.1. The maximum atomic E-state index is 12.4. The Morgan fingerprint density at radius 2 is 1.97 bits per heavy atom. The number of carbonyl (C=O) groups is 1. The van der Waals surface area contributed by atoms with Gasteiger partial charge in [-0.2, -0.15) is 8.42 Å². The number of aromatic nitrogens is 2. The van der Waals surface area contributed by atoms with Crippen LogP contribution >= 0.6 is 0 Å². The van der Waals surface area contributed by atoms with E-state index in [0.717, 1.165) is 27.2 Å². The van der Waals surface area contributed by atoms with Gasteiger partial charge in [0.15, 0.2) is 0 Å². The van der Waals surface area contributed by atoms with Gasteiger partial charge in [0.25, 0.3) is 15.7 Å². The lowest BCUT2D eigenvalue weighted by atomic mass is 10.0. The van der Waals surface area contributed by atoms with Crippen molar-refractivity contribution in [3.63, 3.8) is 0 Å². The third-order valence-corrected chi connectivity index (χ3v) is 5.81. The summed E-state index contributed by atoms with van der Waals surface area (Å²) in [5.41, 5.74) is 2.97. The number of allylic oxidation sites excluding steroid dienone is 4. The number of carboxylic acids is 1. The predicted molar refractivity (Wildman–Crippen MR) is 128 cm³/mol. The summed E-state index contributed by atoms with van der Waals surface area (Å²) in [7, 11) is -4.05. The Labute approximate surface area is 190 Å². The minimum Gasteiger partial charge on any atom is -0.480 e. The lowest BCUT2D eigenvalue weighted by Crippen LogP contribution is -2.35. The second-order valence-electron chi connectivity index (χ2n) is 7.62. The summed E-state index contributed by atoms with van der Waals surface area (Å²) in [5, 5.41) is 12.2. The second-order valence-corrected chi connectivity index (χ2v) is 9.19. The third kappa shape index (κ3) is 6.21. The molecule has 2 heterocycles. The van der Waals surface area contributed by atoms with Crippen LogP contribution in [0.2, 0.25) is 0 Å². The number of aliphatic carboxylic acids is 1. The zero-order chi connectivity index (χ0) is 24.2. The van der Waals surface area contributed by atoms with Crippen molar-refractivity contribution in [2.45, 2.75) is 19.9 Å². The number of aromatic amines is 1. The molecule has 2 aromatic rings. The summed E-state index contributed by atoms with van der Waals surface area (Å²) in [4.78, 5) is 25.3. The van der Waals surface area contributed by atoms with Crippen LogP contribution < -0.4 is 21.0 Å². The molecule has 0 saturated heterocycles. The van der Waals surface area contributed by atoms with Crippen LogP contribution in [0.3, 0.4) is 0 Å². The third-order valence-electron chi connectivity index (χ3n) is 5.01. The van der Waals surface area contributed by atoms with Crippen molar-refractivity contribution < 1.29 is 22.9 Å². The Kier molecular flexibility index (Phi) is 7.19.